The molecular formula is C20H22N2O6. The summed E-state index contributed by atoms with van der Waals surface area (Å²) in [4.78, 5) is 38.0. The molecular weight excluding hydrogens is 364 g/mol. The minimum atomic E-state index is -0.980. The van der Waals surface area contributed by atoms with Crippen LogP contribution in [0, 0.1) is 0 Å². The molecule has 1 saturated heterocycles. The summed E-state index contributed by atoms with van der Waals surface area (Å²) >= 11 is 0. The number of rotatable bonds is 7. The maximum atomic E-state index is 13.1. The Morgan fingerprint density at radius 3 is 2.64 bits per heavy atom. The van der Waals surface area contributed by atoms with E-state index < -0.39 is 24.0 Å². The zero-order valence-electron chi connectivity index (χ0n) is 15.2. The Balaban J connectivity index is 1.73. The summed E-state index contributed by atoms with van der Waals surface area (Å²) in [5.41, 5.74) is 0.899. The lowest BCUT2D eigenvalue weighted by Crippen LogP contribution is -2.54. The number of morpholine rings is 1. The summed E-state index contributed by atoms with van der Waals surface area (Å²) in [5.74, 6) is -1.61. The lowest BCUT2D eigenvalue weighted by atomic mass is 10.0. The third kappa shape index (κ3) is 5.20. The molecule has 2 aromatic rings. The number of furan rings is 1. The van der Waals surface area contributed by atoms with Crippen molar-refractivity contribution in [3.05, 3.63) is 60.1 Å². The van der Waals surface area contributed by atoms with Gasteiger partial charge in [-0.25, -0.2) is 0 Å². The van der Waals surface area contributed by atoms with Crippen LogP contribution < -0.4 is 5.32 Å². The summed E-state index contributed by atoms with van der Waals surface area (Å²) in [6, 6.07) is 11.7. The van der Waals surface area contributed by atoms with Crippen LogP contribution in [0.15, 0.2) is 53.1 Å². The molecule has 2 N–H and O–H groups in total. The molecule has 3 rings (SSSR count). The molecule has 0 aliphatic carbocycles. The van der Waals surface area contributed by atoms with E-state index in [9.17, 15) is 14.4 Å². The largest absolute Gasteiger partial charge is 0.481 e. The molecule has 2 heterocycles. The number of ether oxygens (including phenoxy) is 1. The van der Waals surface area contributed by atoms with Gasteiger partial charge < -0.3 is 24.5 Å². The van der Waals surface area contributed by atoms with Crippen LogP contribution in [0.3, 0.4) is 0 Å². The predicted molar refractivity (Wildman–Crippen MR) is 98.7 cm³/mol. The number of nitrogens with one attached hydrogen (secondary N) is 1. The lowest BCUT2D eigenvalue weighted by Gasteiger charge is -2.34. The van der Waals surface area contributed by atoms with E-state index in [0.717, 1.165) is 5.56 Å². The molecule has 1 aliphatic heterocycles. The second-order valence-corrected chi connectivity index (χ2v) is 6.57. The minimum absolute atomic E-state index is 0.122. The Hall–Kier alpha value is -3.13. The minimum Gasteiger partial charge on any atom is -0.481 e. The highest BCUT2D eigenvalue weighted by Crippen LogP contribution is 2.13. The Morgan fingerprint density at radius 2 is 1.96 bits per heavy atom. The predicted octanol–water partition coefficient (Wildman–Crippen LogP) is 1.32. The quantitative estimate of drug-likeness (QED) is 0.743. The van der Waals surface area contributed by atoms with E-state index in [0.29, 0.717) is 13.0 Å². The van der Waals surface area contributed by atoms with Crippen molar-refractivity contribution < 1.29 is 28.6 Å². The van der Waals surface area contributed by atoms with E-state index in [1.54, 1.807) is 11.0 Å². The van der Waals surface area contributed by atoms with E-state index >= 15 is 0 Å². The number of carboxylic acids is 1. The standard InChI is InChI=1S/C20H22N2O6/c23-18(24)12-15-13-22(8-10-27-15)20(26)16(11-14-5-2-1-3-6-14)21-19(25)17-7-4-9-28-17/h1-7,9,15-16H,8,10-13H2,(H,21,25)(H,23,24). The molecule has 2 unspecified atom stereocenters. The van der Waals surface area contributed by atoms with Gasteiger partial charge in [0.05, 0.1) is 25.4 Å². The molecule has 148 valence electrons. The molecule has 2 atom stereocenters. The molecule has 1 aromatic heterocycles. The first-order valence-electron chi connectivity index (χ1n) is 9.03. The van der Waals surface area contributed by atoms with Crippen molar-refractivity contribution in [2.75, 3.05) is 19.7 Å². The number of hydrogen-bond acceptors (Lipinski definition) is 5. The van der Waals surface area contributed by atoms with Gasteiger partial charge in [-0.3, -0.25) is 14.4 Å². The van der Waals surface area contributed by atoms with Gasteiger partial charge in [-0.05, 0) is 17.7 Å². The monoisotopic (exact) mass is 386 g/mol. The second-order valence-electron chi connectivity index (χ2n) is 6.57. The third-order valence-corrected chi connectivity index (χ3v) is 4.48. The first kappa shape index (κ1) is 19.6. The molecule has 8 heteroatoms. The van der Waals surface area contributed by atoms with E-state index in [2.05, 4.69) is 5.32 Å². The van der Waals surface area contributed by atoms with Gasteiger partial charge in [0.1, 0.15) is 6.04 Å². The van der Waals surface area contributed by atoms with Crippen LogP contribution >= 0.6 is 0 Å². The average Bonchev–Trinajstić information content (AvgIpc) is 3.22. The summed E-state index contributed by atoms with van der Waals surface area (Å²) < 4.78 is 10.5. The number of benzene rings is 1. The zero-order valence-corrected chi connectivity index (χ0v) is 15.2. The van der Waals surface area contributed by atoms with Gasteiger partial charge in [0.25, 0.3) is 5.91 Å². The highest BCUT2D eigenvalue weighted by Gasteiger charge is 2.31. The SMILES string of the molecule is O=C(O)CC1CN(C(=O)C(Cc2ccccc2)NC(=O)c2ccco2)CCO1. The zero-order chi connectivity index (χ0) is 19.9. The number of hydrogen-bond donors (Lipinski definition) is 2. The Bertz CT molecular complexity index is 805. The molecule has 1 aliphatic rings. The van der Waals surface area contributed by atoms with Crippen LogP contribution in [0.25, 0.3) is 0 Å². The van der Waals surface area contributed by atoms with Crippen LogP contribution in [0.5, 0.6) is 0 Å². The topological polar surface area (TPSA) is 109 Å². The van der Waals surface area contributed by atoms with Crippen LogP contribution in [0.2, 0.25) is 0 Å². The van der Waals surface area contributed by atoms with Crippen molar-refractivity contribution in [2.24, 2.45) is 0 Å². The van der Waals surface area contributed by atoms with Gasteiger partial charge >= 0.3 is 5.97 Å². The van der Waals surface area contributed by atoms with Crippen molar-refractivity contribution in [3.8, 4) is 0 Å². The van der Waals surface area contributed by atoms with Gasteiger partial charge in [-0.2, -0.15) is 0 Å². The van der Waals surface area contributed by atoms with Crippen LogP contribution in [0.1, 0.15) is 22.5 Å². The van der Waals surface area contributed by atoms with Gasteiger partial charge in [-0.1, -0.05) is 30.3 Å². The summed E-state index contributed by atoms with van der Waals surface area (Å²) in [5, 5.41) is 11.7. The molecule has 2 amide bonds. The first-order chi connectivity index (χ1) is 13.5. The van der Waals surface area contributed by atoms with Gasteiger partial charge in [0, 0.05) is 19.5 Å². The molecule has 0 spiro atoms. The molecule has 8 nitrogen and oxygen atoms in total. The fraction of sp³-hybridized carbons (Fsp3) is 0.350. The number of aliphatic carboxylic acids is 1. The summed E-state index contributed by atoms with van der Waals surface area (Å²) in [7, 11) is 0. The average molecular weight is 386 g/mol. The number of carbonyl (C=O) groups excluding carboxylic acids is 2. The van der Waals surface area contributed by atoms with Crippen LogP contribution in [-0.4, -0.2) is 59.6 Å². The normalized spacial score (nSPS) is 17.7. The van der Waals surface area contributed by atoms with Gasteiger partial charge in [0.2, 0.25) is 5.91 Å². The van der Waals surface area contributed by atoms with Crippen LogP contribution in [0.4, 0.5) is 0 Å². The molecule has 0 radical (unpaired) electrons. The summed E-state index contributed by atoms with van der Waals surface area (Å²) in [6.45, 7) is 0.776. The van der Waals surface area contributed by atoms with E-state index in [1.807, 2.05) is 30.3 Å². The Kier molecular flexibility index (Phi) is 6.44. The first-order valence-corrected chi connectivity index (χ1v) is 9.03. The second kappa shape index (κ2) is 9.18. The summed E-state index contributed by atoms with van der Waals surface area (Å²) in [6.07, 6.45) is 0.966. The molecule has 28 heavy (non-hydrogen) atoms. The van der Waals surface area contributed by atoms with Gasteiger partial charge in [-0.15, -0.1) is 0 Å². The van der Waals surface area contributed by atoms with Gasteiger partial charge in [0.15, 0.2) is 5.76 Å². The molecule has 0 saturated carbocycles. The smallest absolute Gasteiger partial charge is 0.306 e. The number of carbonyl (C=O) groups is 3. The number of amides is 2. The Labute approximate surface area is 162 Å². The highest BCUT2D eigenvalue weighted by molar-refractivity contribution is 5.95. The molecule has 0 bridgehead atoms. The van der Waals surface area contributed by atoms with E-state index in [4.69, 9.17) is 14.3 Å². The van der Waals surface area contributed by atoms with E-state index in [1.165, 1.54) is 12.3 Å². The van der Waals surface area contributed by atoms with Crippen molar-refractivity contribution in [2.45, 2.75) is 25.0 Å². The maximum absolute atomic E-state index is 13.1. The Morgan fingerprint density at radius 1 is 1.18 bits per heavy atom. The fourth-order valence-electron chi connectivity index (χ4n) is 3.15. The maximum Gasteiger partial charge on any atom is 0.306 e. The number of carboxylic acid groups (broad SMARTS) is 1. The van der Waals surface area contributed by atoms with E-state index in [-0.39, 0.29) is 31.2 Å². The van der Waals surface area contributed by atoms with Crippen molar-refractivity contribution in [1.82, 2.24) is 10.2 Å². The fourth-order valence-corrected chi connectivity index (χ4v) is 3.15. The van der Waals surface area contributed by atoms with Crippen LogP contribution in [-0.2, 0) is 20.7 Å². The van der Waals surface area contributed by atoms with Crippen molar-refractivity contribution in [1.29, 1.82) is 0 Å². The number of nitrogens with zero attached hydrogens (tertiary/aromatic N) is 1. The lowest BCUT2D eigenvalue weighted by molar-refractivity contribution is -0.148. The third-order valence-electron chi connectivity index (χ3n) is 4.48. The molecule has 1 aromatic carbocycles. The molecule has 1 fully saturated rings. The van der Waals surface area contributed by atoms with Crippen molar-refractivity contribution in [3.63, 3.8) is 0 Å². The highest BCUT2D eigenvalue weighted by atomic mass is 16.5. The van der Waals surface area contributed by atoms with Crippen molar-refractivity contribution >= 4 is 17.8 Å².